The largest absolute Gasteiger partial charge is 0.407 e. The average molecular weight is 454 g/mol. The minimum Gasteiger partial charge on any atom is -0.407 e. The van der Waals surface area contributed by atoms with E-state index in [4.69, 9.17) is 9.57 Å². The third-order valence-corrected chi connectivity index (χ3v) is 5.43. The second kappa shape index (κ2) is 9.54. The van der Waals surface area contributed by atoms with Crippen LogP contribution in [0.3, 0.4) is 0 Å². The summed E-state index contributed by atoms with van der Waals surface area (Å²) in [5.41, 5.74) is 4.69. The smallest absolute Gasteiger partial charge is 0.282 e. The fraction of sp³-hybridized carbons (Fsp3) is 0.560. The van der Waals surface area contributed by atoms with E-state index < -0.39 is 5.91 Å². The normalized spacial score (nSPS) is 17.3. The Kier molecular flexibility index (Phi) is 7.15. The third-order valence-electron chi connectivity index (χ3n) is 5.43. The minimum atomic E-state index is -0.468. The number of nitrogens with one attached hydrogen (secondary N) is 1. The number of rotatable bonds is 5. The van der Waals surface area contributed by atoms with Gasteiger partial charge in [0.15, 0.2) is 11.2 Å². The summed E-state index contributed by atoms with van der Waals surface area (Å²) in [5, 5.41) is 9.35. The number of nitrogens with zero attached hydrogens (tertiary/aromatic N) is 4. The molecule has 8 nitrogen and oxygen atoms in total. The van der Waals surface area contributed by atoms with Gasteiger partial charge in [0.05, 0.1) is 29.8 Å². The van der Waals surface area contributed by atoms with Gasteiger partial charge in [-0.1, -0.05) is 20.8 Å². The molecular weight excluding hydrogens is 418 g/mol. The van der Waals surface area contributed by atoms with E-state index in [1.54, 1.807) is 12.1 Å². The number of carbonyl (C=O) groups is 1. The summed E-state index contributed by atoms with van der Waals surface area (Å²) in [4.78, 5) is 23.5. The fourth-order valence-electron chi connectivity index (χ4n) is 3.79. The Balaban J connectivity index is 2.07. The molecule has 0 saturated carbocycles. The number of hydrogen-bond donors (Lipinski definition) is 1. The van der Waals surface area contributed by atoms with E-state index in [2.05, 4.69) is 42.0 Å². The molecule has 8 heteroatoms. The molecule has 1 saturated heterocycles. The molecule has 1 aliphatic heterocycles. The number of hydrogen-bond acceptors (Lipinski definition) is 5. The predicted molar refractivity (Wildman–Crippen MR) is 126 cm³/mol. The van der Waals surface area contributed by atoms with Crippen LogP contribution in [0.2, 0.25) is 0 Å². The van der Waals surface area contributed by atoms with E-state index in [1.165, 1.54) is 6.07 Å². The zero-order valence-corrected chi connectivity index (χ0v) is 20.7. The molecular formula is C25H35N5O3. The molecule has 1 aliphatic rings. The molecule has 0 bridgehead atoms. The van der Waals surface area contributed by atoms with Crippen LogP contribution in [0.4, 0.5) is 0 Å². The van der Waals surface area contributed by atoms with E-state index in [-0.39, 0.29) is 22.6 Å². The van der Waals surface area contributed by atoms with Gasteiger partial charge in [-0.15, -0.1) is 0 Å². The van der Waals surface area contributed by atoms with Crippen LogP contribution in [0.25, 0.3) is 0 Å². The highest BCUT2D eigenvalue weighted by molar-refractivity contribution is 5.98. The van der Waals surface area contributed by atoms with Gasteiger partial charge in [-0.3, -0.25) is 14.2 Å². The molecule has 1 fully saturated rings. The molecule has 1 N–H and O–H groups in total. The van der Waals surface area contributed by atoms with E-state index in [0.717, 1.165) is 25.1 Å². The van der Waals surface area contributed by atoms with Gasteiger partial charge in [0.25, 0.3) is 5.91 Å². The van der Waals surface area contributed by atoms with Crippen molar-refractivity contribution >= 4 is 5.91 Å². The van der Waals surface area contributed by atoms with Crippen LogP contribution in [0.15, 0.2) is 29.3 Å². The van der Waals surface area contributed by atoms with Crippen molar-refractivity contribution in [1.82, 2.24) is 14.8 Å². The summed E-state index contributed by atoms with van der Waals surface area (Å²) in [7, 11) is 1.98. The van der Waals surface area contributed by atoms with Crippen LogP contribution in [-0.2, 0) is 23.7 Å². The summed E-state index contributed by atoms with van der Waals surface area (Å²) in [6.45, 7) is 13.6. The standard InChI is InChI=1S/C25H35N5O3/c1-24(2,3)21-14-22(30(29(21)7)16-18-9-8-12-32-18)27-23(31)19-13-17(15-26)10-11-20(19)33-28-25(4,5)6/h10-11,13-14,18,28H,8-9,12,16H2,1-7H3/t18-/m1/s1. The number of amides is 1. The van der Waals surface area contributed by atoms with Crippen molar-refractivity contribution in [3.05, 3.63) is 46.6 Å². The average Bonchev–Trinajstić information content (AvgIpc) is 3.35. The Labute approximate surface area is 195 Å². The van der Waals surface area contributed by atoms with Crippen LogP contribution in [0, 0.1) is 11.3 Å². The highest BCUT2D eigenvalue weighted by Crippen LogP contribution is 2.23. The first-order valence-corrected chi connectivity index (χ1v) is 11.4. The van der Waals surface area contributed by atoms with E-state index in [9.17, 15) is 10.1 Å². The van der Waals surface area contributed by atoms with Crippen molar-refractivity contribution in [2.24, 2.45) is 12.0 Å². The Morgan fingerprint density at radius 2 is 2.00 bits per heavy atom. The van der Waals surface area contributed by atoms with Gasteiger partial charge in [-0.2, -0.15) is 15.7 Å². The number of hydroxylamine groups is 1. The van der Waals surface area contributed by atoms with Crippen molar-refractivity contribution in [1.29, 1.82) is 5.26 Å². The Morgan fingerprint density at radius 1 is 1.27 bits per heavy atom. The predicted octanol–water partition coefficient (Wildman–Crippen LogP) is 3.60. The first-order valence-electron chi connectivity index (χ1n) is 11.4. The van der Waals surface area contributed by atoms with Crippen LogP contribution in [-0.4, -0.2) is 33.5 Å². The van der Waals surface area contributed by atoms with Crippen molar-refractivity contribution in [3.63, 3.8) is 0 Å². The van der Waals surface area contributed by atoms with Gasteiger partial charge in [0, 0.05) is 36.4 Å². The number of carbonyl (C=O) groups excluding carboxylic acids is 1. The number of nitriles is 1. The molecule has 0 aliphatic carbocycles. The van der Waals surface area contributed by atoms with E-state index in [1.807, 2.05) is 38.6 Å². The maximum Gasteiger partial charge on any atom is 0.282 e. The third kappa shape index (κ3) is 6.12. The molecule has 1 aromatic carbocycles. The van der Waals surface area contributed by atoms with Gasteiger partial charge in [0.2, 0.25) is 0 Å². The Hall–Kier alpha value is -2.89. The quantitative estimate of drug-likeness (QED) is 0.698. The van der Waals surface area contributed by atoms with Crippen molar-refractivity contribution in [3.8, 4) is 11.8 Å². The maximum absolute atomic E-state index is 13.3. The Morgan fingerprint density at radius 3 is 2.58 bits per heavy atom. The van der Waals surface area contributed by atoms with Crippen LogP contribution < -0.4 is 15.8 Å². The van der Waals surface area contributed by atoms with Crippen molar-refractivity contribution in [2.45, 2.75) is 78.0 Å². The summed E-state index contributed by atoms with van der Waals surface area (Å²) in [6.07, 6.45) is 2.12. The van der Waals surface area contributed by atoms with Crippen molar-refractivity contribution in [2.75, 3.05) is 6.61 Å². The molecule has 1 amide bonds. The highest BCUT2D eigenvalue weighted by Gasteiger charge is 2.24. The molecule has 0 spiro atoms. The SMILES string of the molecule is Cn1c(C(C)(C)C)cc(=NC(=O)c2cc(C#N)ccc2ONC(C)(C)C)n1C[C@H]1CCCO1. The Bertz CT molecular complexity index is 1120. The lowest BCUT2D eigenvalue weighted by molar-refractivity contribution is 0.0883. The lowest BCUT2D eigenvalue weighted by Crippen LogP contribution is -2.38. The molecule has 1 aromatic heterocycles. The number of ether oxygens (including phenoxy) is 1. The maximum atomic E-state index is 13.3. The molecule has 1 atom stereocenters. The van der Waals surface area contributed by atoms with Crippen LogP contribution in [0.5, 0.6) is 5.75 Å². The zero-order valence-electron chi connectivity index (χ0n) is 20.7. The molecule has 2 aromatic rings. The number of benzene rings is 1. The molecule has 178 valence electrons. The topological polar surface area (TPSA) is 93.6 Å². The fourth-order valence-corrected chi connectivity index (χ4v) is 3.79. The highest BCUT2D eigenvalue weighted by atomic mass is 16.6. The van der Waals surface area contributed by atoms with Gasteiger partial charge < -0.3 is 9.57 Å². The summed E-state index contributed by atoms with van der Waals surface area (Å²) < 4.78 is 9.89. The molecule has 0 radical (unpaired) electrons. The van der Waals surface area contributed by atoms with Gasteiger partial charge in [-0.25, -0.2) is 0 Å². The van der Waals surface area contributed by atoms with E-state index >= 15 is 0 Å². The molecule has 2 heterocycles. The monoisotopic (exact) mass is 453 g/mol. The number of aromatic nitrogens is 2. The lowest BCUT2D eigenvalue weighted by Gasteiger charge is -2.21. The first-order chi connectivity index (χ1) is 15.4. The molecule has 0 unspecified atom stereocenters. The lowest BCUT2D eigenvalue weighted by atomic mass is 9.92. The summed E-state index contributed by atoms with van der Waals surface area (Å²) >= 11 is 0. The van der Waals surface area contributed by atoms with E-state index in [0.29, 0.717) is 23.3 Å². The second-order valence-corrected chi connectivity index (χ2v) is 10.6. The summed E-state index contributed by atoms with van der Waals surface area (Å²) in [5.74, 6) is -0.139. The van der Waals surface area contributed by atoms with Crippen molar-refractivity contribution < 1.29 is 14.4 Å². The molecule has 33 heavy (non-hydrogen) atoms. The van der Waals surface area contributed by atoms with Crippen LogP contribution in [0.1, 0.15) is 76.0 Å². The van der Waals surface area contributed by atoms with Crippen LogP contribution >= 0.6 is 0 Å². The second-order valence-electron chi connectivity index (χ2n) is 10.6. The first kappa shape index (κ1) is 24.7. The van der Waals surface area contributed by atoms with Gasteiger partial charge in [0.1, 0.15) is 0 Å². The van der Waals surface area contributed by atoms with Gasteiger partial charge >= 0.3 is 0 Å². The molecule has 3 rings (SSSR count). The van der Waals surface area contributed by atoms with Gasteiger partial charge in [-0.05, 0) is 51.8 Å². The summed E-state index contributed by atoms with van der Waals surface area (Å²) in [6, 6.07) is 8.79. The minimum absolute atomic E-state index is 0.0947. The zero-order chi connectivity index (χ0) is 24.4.